The van der Waals surface area contributed by atoms with Crippen LogP contribution in [0.3, 0.4) is 0 Å². The van der Waals surface area contributed by atoms with Crippen LogP contribution >= 0.6 is 0 Å². The van der Waals surface area contributed by atoms with Gasteiger partial charge in [-0.1, -0.05) is 18.2 Å². The second kappa shape index (κ2) is 4.38. The van der Waals surface area contributed by atoms with Crippen LogP contribution in [0.4, 0.5) is 0 Å². The lowest BCUT2D eigenvalue weighted by Crippen LogP contribution is -2.08. The molecule has 0 aliphatic carbocycles. The Balaban J connectivity index is 1.91. The number of ether oxygens (including phenoxy) is 3. The van der Waals surface area contributed by atoms with E-state index in [9.17, 15) is 9.59 Å². The number of hydrogen-bond acceptors (Lipinski definition) is 5. The number of benzene rings is 2. The van der Waals surface area contributed by atoms with Crippen molar-refractivity contribution >= 4 is 22.7 Å². The number of rotatable bonds is 1. The third-order valence-electron chi connectivity index (χ3n) is 4.46. The third kappa shape index (κ3) is 1.45. The van der Waals surface area contributed by atoms with E-state index in [4.69, 9.17) is 14.2 Å². The summed E-state index contributed by atoms with van der Waals surface area (Å²) in [6.07, 6.45) is 0. The fraction of sp³-hybridized carbons (Fsp3) is 0.111. The molecule has 3 heterocycles. The number of methoxy groups -OCH3 is 1. The monoisotopic (exact) mass is 321 g/mol. The molecule has 2 aliphatic rings. The maximum atomic E-state index is 13.0. The molecule has 1 aromatic heterocycles. The lowest BCUT2D eigenvalue weighted by molar-refractivity contribution is 0.0600. The number of hydrogen-bond donors (Lipinski definition) is 0. The van der Waals surface area contributed by atoms with Crippen molar-refractivity contribution in [3.8, 4) is 17.2 Å². The van der Waals surface area contributed by atoms with Crippen molar-refractivity contribution in [2.75, 3.05) is 13.9 Å². The molecule has 6 nitrogen and oxygen atoms in total. The van der Waals surface area contributed by atoms with Gasteiger partial charge in [0.15, 0.2) is 11.5 Å². The van der Waals surface area contributed by atoms with E-state index in [2.05, 4.69) is 0 Å². The first kappa shape index (κ1) is 13.2. The second-order valence-corrected chi connectivity index (χ2v) is 5.62. The molecule has 2 aromatic carbocycles. The van der Waals surface area contributed by atoms with Gasteiger partial charge >= 0.3 is 5.97 Å². The molecule has 0 fully saturated rings. The predicted molar refractivity (Wildman–Crippen MR) is 84.2 cm³/mol. The fourth-order valence-electron chi connectivity index (χ4n) is 3.44. The molecule has 0 saturated heterocycles. The predicted octanol–water partition coefficient (Wildman–Crippen LogP) is 2.69. The molecular formula is C18H11NO5. The highest BCUT2D eigenvalue weighted by atomic mass is 16.7. The molecule has 2 aliphatic heterocycles. The van der Waals surface area contributed by atoms with Gasteiger partial charge in [0.25, 0.3) is 0 Å². The lowest BCUT2D eigenvalue weighted by Gasteiger charge is -2.05. The second-order valence-electron chi connectivity index (χ2n) is 5.62. The summed E-state index contributed by atoms with van der Waals surface area (Å²) in [5, 5.41) is 0.691. The summed E-state index contributed by atoms with van der Waals surface area (Å²) in [5.74, 6) is 0.379. The van der Waals surface area contributed by atoms with Crippen LogP contribution in [0.1, 0.15) is 26.4 Å². The van der Waals surface area contributed by atoms with Gasteiger partial charge in [-0.15, -0.1) is 0 Å². The summed E-state index contributed by atoms with van der Waals surface area (Å²) in [6.45, 7) is 0.138. The van der Waals surface area contributed by atoms with E-state index in [1.54, 1.807) is 16.7 Å². The van der Waals surface area contributed by atoms with Crippen LogP contribution in [0.5, 0.6) is 11.5 Å². The highest BCUT2D eigenvalue weighted by Crippen LogP contribution is 2.43. The molecular weight excluding hydrogens is 310 g/mol. The van der Waals surface area contributed by atoms with E-state index in [1.165, 1.54) is 7.11 Å². The smallest absolute Gasteiger partial charge is 0.340 e. The Hall–Kier alpha value is -3.28. The molecule has 5 rings (SSSR count). The molecule has 24 heavy (non-hydrogen) atoms. The summed E-state index contributed by atoms with van der Waals surface area (Å²) in [4.78, 5) is 25.3. The average molecular weight is 321 g/mol. The molecule has 0 amide bonds. The Bertz CT molecular complexity index is 1060. The minimum absolute atomic E-state index is 0.138. The quantitative estimate of drug-likeness (QED) is 0.504. The Morgan fingerprint density at radius 1 is 1.17 bits per heavy atom. The number of nitrogens with zero attached hydrogens (tertiary/aromatic N) is 1. The van der Waals surface area contributed by atoms with Crippen molar-refractivity contribution in [3.05, 3.63) is 53.2 Å². The lowest BCUT2D eigenvalue weighted by atomic mass is 10.0. The maximum absolute atomic E-state index is 13.0. The first-order valence-electron chi connectivity index (χ1n) is 7.41. The van der Waals surface area contributed by atoms with E-state index in [0.29, 0.717) is 33.8 Å². The standard InChI is InChI=1S/C18H11NO5/c1-22-18(21)15-9-4-2-3-5-11(9)19-12-7-14-13(23-8-24-14)6-10(12)17(20)16(15)19/h2-7H,8H2,1H3. The third-order valence-corrected chi connectivity index (χ3v) is 4.46. The van der Waals surface area contributed by atoms with Crippen LogP contribution in [0.15, 0.2) is 36.4 Å². The molecule has 3 aromatic rings. The largest absolute Gasteiger partial charge is 0.465 e. The van der Waals surface area contributed by atoms with Gasteiger partial charge in [0, 0.05) is 11.5 Å². The minimum atomic E-state index is -0.527. The van der Waals surface area contributed by atoms with Gasteiger partial charge in [0.1, 0.15) is 5.69 Å². The van der Waals surface area contributed by atoms with Crippen molar-refractivity contribution in [1.29, 1.82) is 0 Å². The van der Waals surface area contributed by atoms with Gasteiger partial charge < -0.3 is 18.8 Å². The zero-order valence-electron chi connectivity index (χ0n) is 12.7. The molecule has 6 heteroatoms. The van der Waals surface area contributed by atoms with E-state index in [0.717, 1.165) is 5.52 Å². The highest BCUT2D eigenvalue weighted by molar-refractivity contribution is 6.24. The van der Waals surface area contributed by atoms with Crippen LogP contribution in [0, 0.1) is 0 Å². The molecule has 0 unspecified atom stereocenters. The summed E-state index contributed by atoms with van der Waals surface area (Å²) in [7, 11) is 1.31. The zero-order chi connectivity index (χ0) is 16.4. The van der Waals surface area contributed by atoms with Crippen LogP contribution in [-0.2, 0) is 4.74 Å². The molecule has 0 bridgehead atoms. The maximum Gasteiger partial charge on any atom is 0.340 e. The van der Waals surface area contributed by atoms with Crippen LogP contribution in [0.25, 0.3) is 16.6 Å². The number of para-hydroxylation sites is 1. The number of esters is 1. The van der Waals surface area contributed by atoms with Crippen molar-refractivity contribution in [1.82, 2.24) is 4.57 Å². The first-order chi connectivity index (χ1) is 11.7. The van der Waals surface area contributed by atoms with Crippen LogP contribution in [-0.4, -0.2) is 30.2 Å². The van der Waals surface area contributed by atoms with Crippen molar-refractivity contribution in [2.45, 2.75) is 0 Å². The van der Waals surface area contributed by atoms with Crippen molar-refractivity contribution in [3.63, 3.8) is 0 Å². The average Bonchev–Trinajstić information content (AvgIpc) is 3.26. The SMILES string of the molecule is COC(=O)c1c2n(c3ccccc13)-c1cc3c(cc1C2=O)OCO3. The Morgan fingerprint density at radius 2 is 1.92 bits per heavy atom. The van der Waals surface area contributed by atoms with E-state index in [1.807, 2.05) is 24.3 Å². The number of carbonyl (C=O) groups is 2. The highest BCUT2D eigenvalue weighted by Gasteiger charge is 2.37. The normalized spacial score (nSPS) is 14.0. The number of ketones is 1. The van der Waals surface area contributed by atoms with Gasteiger partial charge in [-0.3, -0.25) is 4.79 Å². The van der Waals surface area contributed by atoms with Gasteiger partial charge in [0.2, 0.25) is 12.6 Å². The first-order valence-corrected chi connectivity index (χ1v) is 7.41. The topological polar surface area (TPSA) is 66.8 Å². The molecule has 0 saturated carbocycles. The van der Waals surface area contributed by atoms with Crippen LogP contribution in [0.2, 0.25) is 0 Å². The fourth-order valence-corrected chi connectivity index (χ4v) is 3.44. The van der Waals surface area contributed by atoms with Gasteiger partial charge in [0.05, 0.1) is 29.4 Å². The molecule has 0 atom stereocenters. The summed E-state index contributed by atoms with van der Waals surface area (Å²) < 4.78 is 17.5. The zero-order valence-corrected chi connectivity index (χ0v) is 12.7. The summed E-state index contributed by atoms with van der Waals surface area (Å²) >= 11 is 0. The van der Waals surface area contributed by atoms with Gasteiger partial charge in [-0.05, 0) is 12.1 Å². The summed E-state index contributed by atoms with van der Waals surface area (Å²) in [5.41, 5.74) is 2.56. The molecule has 0 N–H and O–H groups in total. The molecule has 0 spiro atoms. The number of aromatic nitrogens is 1. The van der Waals surface area contributed by atoms with Crippen LogP contribution < -0.4 is 9.47 Å². The Kier molecular flexibility index (Phi) is 2.41. The van der Waals surface area contributed by atoms with Gasteiger partial charge in [-0.25, -0.2) is 4.79 Å². The molecule has 118 valence electrons. The molecule has 0 radical (unpaired) electrons. The van der Waals surface area contributed by atoms with E-state index < -0.39 is 5.97 Å². The van der Waals surface area contributed by atoms with Crippen molar-refractivity contribution < 1.29 is 23.8 Å². The summed E-state index contributed by atoms with van der Waals surface area (Å²) in [6, 6.07) is 10.8. The number of fused-ring (bicyclic) bond motifs is 6. The van der Waals surface area contributed by atoms with E-state index >= 15 is 0 Å². The minimum Gasteiger partial charge on any atom is -0.465 e. The number of carbonyl (C=O) groups excluding carboxylic acids is 2. The Labute approximate surface area is 136 Å². The van der Waals surface area contributed by atoms with Gasteiger partial charge in [-0.2, -0.15) is 0 Å². The Morgan fingerprint density at radius 3 is 2.71 bits per heavy atom. The van der Waals surface area contributed by atoms with Crippen molar-refractivity contribution in [2.24, 2.45) is 0 Å². The van der Waals surface area contributed by atoms with E-state index in [-0.39, 0.29) is 18.1 Å².